The van der Waals surface area contributed by atoms with Gasteiger partial charge in [-0.3, -0.25) is 19.2 Å². The SMILES string of the molecule is CC(=O)N[C@H]1[C@H](O[C@H]2[C@@H](O)[C@H](O)[C@@H](CO[C@@H]3O[C@H](CO)[C@@H](O[C@@H]4O[C@H](CO)[C@H](O)[C@H](O[C@]5(C(=O)O)C[C@H](O)[C@@H](NC(C)=O)[C@H]([C@H](O)[C@H](O)CO)O5)[C@H]4O)[C@H](O)[C@H]3NC(C)=O)O[C@@H]2O)O[C@H](CO)[C@@H](O[C@@H]2O[C@H](CO[C@]3(C(=O)O)C[C@H](O)[C@@H](NC(C)=O)[C@H]([C@H](O)[C@H](O)CO)O3)[C@H](O)[C@H](O)[C@H]2O)[C@@H]1O. The number of ether oxygens (including phenoxy) is 13. The molecule has 102 heavy (non-hydrogen) atoms. The van der Waals surface area contributed by atoms with Crippen molar-refractivity contribution in [2.24, 2.45) is 0 Å². The van der Waals surface area contributed by atoms with Gasteiger partial charge in [0, 0.05) is 40.5 Å². The van der Waals surface area contributed by atoms with Crippen molar-refractivity contribution in [2.75, 3.05) is 46.2 Å². The fourth-order valence-corrected chi connectivity index (χ4v) is 12.8. The van der Waals surface area contributed by atoms with Crippen molar-refractivity contribution >= 4 is 35.6 Å². The van der Waals surface area contributed by atoms with Gasteiger partial charge in [0.05, 0.1) is 70.5 Å². The third-order valence-corrected chi connectivity index (χ3v) is 18.1. The van der Waals surface area contributed by atoms with E-state index in [4.69, 9.17) is 61.6 Å². The minimum atomic E-state index is -3.22. The van der Waals surface area contributed by atoms with Crippen LogP contribution in [0.15, 0.2) is 0 Å². The van der Waals surface area contributed by atoms with Crippen LogP contribution in [0.2, 0.25) is 0 Å². The quantitative estimate of drug-likeness (QED) is 0.0331. The summed E-state index contributed by atoms with van der Waals surface area (Å²) in [6.45, 7) is -3.95. The van der Waals surface area contributed by atoms with Crippen molar-refractivity contribution in [2.45, 2.75) is 266 Å². The van der Waals surface area contributed by atoms with Crippen LogP contribution in [-0.4, -0.2) is 425 Å². The predicted molar refractivity (Wildman–Crippen MR) is 313 cm³/mol. The molecule has 0 aliphatic carbocycles. The standard InChI is InChI=1S/C56H92N4O42/c1-14(66)57-27-18(70)5-55(53(86)87,100-44(27)31(74)20(72)7-61)91-13-26-33(76)38(81)40(83)51(96-26)97-43-24(11-65)95-50(30(37(43)80)60-17(4)69)99-47-39(82)34(77)25(92-48(47)85)12-90-49-29(59-16(3)68)36(79)42(23(10-64)94-49)98-52-41(84)46(35(78)22(9-63)93-52)102-56(54(88)89)6-19(71)28(58-15(2)67)45(101-56)32(75)21(73)8-62/h18-52,61-65,70-85H,5-13H2,1-4H3,(H,57,66)(H,58,67)(H,59,68)(H,60,69)(H,86,87)(H,88,89)/t18-,19-,20+,21+,22+,23+,24+,25+,26+,27+,28+,29+,30+,31+,32+,33-,34+,35-,36+,37+,38-,39-,40+,41+,42+,43+,44+,45+,46-,47-,48-,49+,50-,51-,52-,55+,56-/m0/s1. The lowest BCUT2D eigenvalue weighted by Crippen LogP contribution is -2.71. The summed E-state index contributed by atoms with van der Waals surface area (Å²) in [5.74, 6) is -13.8. The van der Waals surface area contributed by atoms with Crippen molar-refractivity contribution in [3.63, 3.8) is 0 Å². The molecule has 46 nitrogen and oxygen atoms in total. The molecule has 7 rings (SSSR count). The molecule has 7 aliphatic heterocycles. The molecule has 0 aromatic heterocycles. The minimum absolute atomic E-state index is 0.810. The molecule has 588 valence electrons. The lowest BCUT2D eigenvalue weighted by Gasteiger charge is -2.51. The Morgan fingerprint density at radius 1 is 0.412 bits per heavy atom. The van der Waals surface area contributed by atoms with E-state index in [9.17, 15) is 146 Å². The van der Waals surface area contributed by atoms with Crippen LogP contribution in [0.1, 0.15) is 40.5 Å². The molecule has 46 heteroatoms. The normalized spacial score (nSPS) is 44.6. The van der Waals surface area contributed by atoms with Crippen molar-refractivity contribution in [1.82, 2.24) is 21.3 Å². The van der Waals surface area contributed by atoms with E-state index >= 15 is 0 Å². The smallest absolute Gasteiger partial charge is 0.364 e. The first kappa shape index (κ1) is 84.7. The number of carbonyl (C=O) groups excluding carboxylic acids is 4. The summed E-state index contributed by atoms with van der Waals surface area (Å²) in [6.07, 6.45) is -67.6. The highest BCUT2D eigenvalue weighted by Crippen LogP contribution is 2.41. The van der Waals surface area contributed by atoms with Gasteiger partial charge in [-0.05, 0) is 0 Å². The molecular formula is C56H92N4O42. The lowest BCUT2D eigenvalue weighted by molar-refractivity contribution is -0.384. The Hall–Kier alpha value is -4.54. The Morgan fingerprint density at radius 2 is 0.804 bits per heavy atom. The summed E-state index contributed by atoms with van der Waals surface area (Å²) < 4.78 is 74.2. The number of carbonyl (C=O) groups is 6. The summed E-state index contributed by atoms with van der Waals surface area (Å²) in [5, 5.41) is 259. The Labute approximate surface area is 576 Å². The van der Waals surface area contributed by atoms with Crippen molar-refractivity contribution < 1.29 is 208 Å². The maximum atomic E-state index is 13.0. The molecule has 7 aliphatic rings. The van der Waals surface area contributed by atoms with Crippen LogP contribution in [-0.2, 0) is 90.3 Å². The van der Waals surface area contributed by atoms with Gasteiger partial charge in [-0.25, -0.2) is 9.59 Å². The first-order chi connectivity index (χ1) is 47.8. The van der Waals surface area contributed by atoms with E-state index in [1.54, 1.807) is 0 Å². The largest absolute Gasteiger partial charge is 0.477 e. The van der Waals surface area contributed by atoms with Gasteiger partial charge in [0.25, 0.3) is 11.6 Å². The lowest BCUT2D eigenvalue weighted by atomic mass is 9.88. The van der Waals surface area contributed by atoms with Gasteiger partial charge in [0.2, 0.25) is 23.6 Å². The van der Waals surface area contributed by atoms with Gasteiger partial charge in [-0.15, -0.1) is 0 Å². The Kier molecular flexibility index (Phi) is 29.8. The zero-order valence-electron chi connectivity index (χ0n) is 54.6. The van der Waals surface area contributed by atoms with Crippen molar-refractivity contribution in [3.8, 4) is 0 Å². The second-order valence-electron chi connectivity index (χ2n) is 25.4. The number of aliphatic hydroxyl groups excluding tert-OH is 21. The Bertz CT molecular complexity index is 2780. The number of rotatable bonds is 29. The molecule has 0 aromatic carbocycles. The van der Waals surface area contributed by atoms with Gasteiger partial charge in [-0.1, -0.05) is 0 Å². The highest BCUT2D eigenvalue weighted by atomic mass is 16.8. The number of carboxylic acids is 2. The maximum Gasteiger partial charge on any atom is 0.364 e. The zero-order valence-corrected chi connectivity index (χ0v) is 54.6. The van der Waals surface area contributed by atoms with Crippen molar-refractivity contribution in [3.05, 3.63) is 0 Å². The molecule has 7 fully saturated rings. The summed E-state index contributed by atoms with van der Waals surface area (Å²) in [4.78, 5) is 75.3. The molecule has 0 spiro atoms. The number of hydrogen-bond donors (Lipinski definition) is 27. The predicted octanol–water partition coefficient (Wildman–Crippen LogP) is -17.3. The minimum Gasteiger partial charge on any atom is -0.477 e. The van der Waals surface area contributed by atoms with Crippen LogP contribution in [0.5, 0.6) is 0 Å². The van der Waals surface area contributed by atoms with E-state index in [-0.39, 0.29) is 0 Å². The highest BCUT2D eigenvalue weighted by molar-refractivity contribution is 5.78. The first-order valence-corrected chi connectivity index (χ1v) is 31.9. The van der Waals surface area contributed by atoms with E-state index in [1.807, 2.05) is 0 Å². The number of amides is 4. The van der Waals surface area contributed by atoms with E-state index in [0.29, 0.717) is 0 Å². The number of aliphatic hydroxyl groups is 21. The molecule has 7 saturated heterocycles. The fraction of sp³-hybridized carbons (Fsp3) is 0.893. The number of carboxylic acid groups (broad SMARTS) is 2. The molecule has 0 radical (unpaired) electrons. The average molecular weight is 1490 g/mol. The van der Waals surface area contributed by atoms with E-state index in [1.165, 1.54) is 0 Å². The summed E-state index contributed by atoms with van der Waals surface area (Å²) in [7, 11) is 0. The van der Waals surface area contributed by atoms with Crippen LogP contribution < -0.4 is 21.3 Å². The molecule has 0 saturated carbocycles. The molecule has 0 bridgehead atoms. The molecule has 7 heterocycles. The third-order valence-electron chi connectivity index (χ3n) is 18.1. The zero-order chi connectivity index (χ0) is 76.1. The Balaban J connectivity index is 1.02. The Morgan fingerprint density at radius 3 is 1.26 bits per heavy atom. The van der Waals surface area contributed by atoms with Gasteiger partial charge in [0.15, 0.2) is 31.5 Å². The van der Waals surface area contributed by atoms with Gasteiger partial charge in [0.1, 0.15) is 159 Å². The van der Waals surface area contributed by atoms with Crippen LogP contribution in [0.4, 0.5) is 0 Å². The van der Waals surface area contributed by atoms with Crippen molar-refractivity contribution in [1.29, 1.82) is 0 Å². The van der Waals surface area contributed by atoms with Crippen LogP contribution >= 0.6 is 0 Å². The molecule has 27 N–H and O–H groups in total. The van der Waals surface area contributed by atoms with Crippen LogP contribution in [0.25, 0.3) is 0 Å². The van der Waals surface area contributed by atoms with Gasteiger partial charge in [-0.2, -0.15) is 0 Å². The van der Waals surface area contributed by atoms with Gasteiger partial charge >= 0.3 is 11.9 Å². The van der Waals surface area contributed by atoms with E-state index in [0.717, 1.165) is 27.7 Å². The fourth-order valence-electron chi connectivity index (χ4n) is 12.8. The maximum absolute atomic E-state index is 13.0. The number of nitrogens with one attached hydrogen (secondary N) is 4. The van der Waals surface area contributed by atoms with Crippen LogP contribution in [0, 0.1) is 0 Å². The molecule has 0 unspecified atom stereocenters. The number of hydrogen-bond acceptors (Lipinski definition) is 40. The molecule has 0 aromatic rings. The highest BCUT2D eigenvalue weighted by Gasteiger charge is 2.63. The third kappa shape index (κ3) is 18.7. The molecular weight excluding hydrogens is 1400 g/mol. The summed E-state index contributed by atoms with van der Waals surface area (Å²) in [6, 6.07) is -7.01. The monoisotopic (exact) mass is 1490 g/mol. The van der Waals surface area contributed by atoms with Gasteiger partial charge < -0.3 is 200 Å². The second kappa shape index (κ2) is 35.9. The summed E-state index contributed by atoms with van der Waals surface area (Å²) >= 11 is 0. The summed E-state index contributed by atoms with van der Waals surface area (Å²) in [5.41, 5.74) is 0. The molecule has 37 atom stereocenters. The first-order valence-electron chi connectivity index (χ1n) is 31.9. The van der Waals surface area contributed by atoms with E-state index in [2.05, 4.69) is 21.3 Å². The second-order valence-corrected chi connectivity index (χ2v) is 25.4. The number of aliphatic carboxylic acids is 2. The van der Waals surface area contributed by atoms with E-state index < -0.39 is 321 Å². The van der Waals surface area contributed by atoms with Crippen LogP contribution in [0.3, 0.4) is 0 Å². The average Bonchev–Trinajstić information content (AvgIpc) is 0.767. The topological polar surface area (TPSA) is 736 Å². The molecule has 4 amide bonds.